The molecule has 5 heteroatoms. The monoisotopic (exact) mass is 1150 g/mol. The molecule has 0 spiro atoms. The van der Waals surface area contributed by atoms with Crippen molar-refractivity contribution in [2.45, 2.75) is 98.8 Å². The van der Waals surface area contributed by atoms with E-state index in [1.807, 2.05) is 54.6 Å². The molecule has 0 saturated carbocycles. The van der Waals surface area contributed by atoms with E-state index < -0.39 is 6.85 Å². The van der Waals surface area contributed by atoms with Crippen molar-refractivity contribution in [2.75, 3.05) is 0 Å². The van der Waals surface area contributed by atoms with Gasteiger partial charge in [-0.05, 0) is 115 Å². The van der Waals surface area contributed by atoms with E-state index in [0.29, 0.717) is 11.1 Å². The quantitative estimate of drug-likeness (QED) is 0.142. The third-order valence-electron chi connectivity index (χ3n) is 14.0. The van der Waals surface area contributed by atoms with E-state index in [1.165, 1.54) is 44.6 Å². The number of fused-ring (bicyclic) bond motifs is 4. The molecular formula is C69H65IrN3O-2. The van der Waals surface area contributed by atoms with Crippen LogP contribution in [0.1, 0.15) is 113 Å². The van der Waals surface area contributed by atoms with Crippen molar-refractivity contribution in [1.82, 2.24) is 14.5 Å². The first-order valence-electron chi connectivity index (χ1n) is 27.0. The van der Waals surface area contributed by atoms with E-state index in [1.54, 1.807) is 12.3 Å². The van der Waals surface area contributed by atoms with Crippen LogP contribution in [-0.2, 0) is 30.9 Å². The summed E-state index contributed by atoms with van der Waals surface area (Å²) in [5.74, 6) is 1.38. The van der Waals surface area contributed by atoms with Crippen molar-refractivity contribution >= 4 is 33.0 Å². The predicted octanol–water partition coefficient (Wildman–Crippen LogP) is 19.1. The Morgan fingerprint density at radius 1 is 0.581 bits per heavy atom. The summed E-state index contributed by atoms with van der Waals surface area (Å²) in [7, 11) is 0. The summed E-state index contributed by atoms with van der Waals surface area (Å²) in [6, 6.07) is 67.3. The average Bonchev–Trinajstić information content (AvgIpc) is 4.01. The van der Waals surface area contributed by atoms with Gasteiger partial charge >= 0.3 is 0 Å². The zero-order chi connectivity index (χ0) is 53.7. The van der Waals surface area contributed by atoms with Crippen LogP contribution < -0.4 is 0 Å². The number of hydrogen-bond donors (Lipinski definition) is 0. The summed E-state index contributed by atoms with van der Waals surface area (Å²) >= 11 is 0. The van der Waals surface area contributed by atoms with Crippen LogP contribution in [0.5, 0.6) is 0 Å². The SMILES string of the molecule is CC(C)c1cc(-c2ccc(C(C)(C)C)cc2)cc(C(C)C)c1-n1c(-c2[c-]ccc3c2oc2cc(-c4ccccc4)ccc23)nc2ccccc21.[2H]C([2H])([2H])c1c[c-]c(-c2cc(C(C)(C)C)ccn2)cc1-c1ccccc1.[Ir]. The Labute approximate surface area is 456 Å². The van der Waals surface area contributed by atoms with Crippen molar-refractivity contribution in [3.05, 3.63) is 222 Å². The number of hydrogen-bond acceptors (Lipinski definition) is 3. The minimum absolute atomic E-state index is 0. The Morgan fingerprint density at radius 3 is 1.85 bits per heavy atom. The summed E-state index contributed by atoms with van der Waals surface area (Å²) in [5, 5.41) is 2.15. The van der Waals surface area contributed by atoms with Gasteiger partial charge in [0, 0.05) is 41.5 Å². The van der Waals surface area contributed by atoms with E-state index in [0.717, 1.165) is 66.7 Å². The topological polar surface area (TPSA) is 43.9 Å². The van der Waals surface area contributed by atoms with Crippen LogP contribution >= 0.6 is 0 Å². The molecule has 0 N–H and O–H groups in total. The van der Waals surface area contributed by atoms with Gasteiger partial charge in [-0.3, -0.25) is 4.98 Å². The molecule has 0 saturated heterocycles. The van der Waals surface area contributed by atoms with Crippen molar-refractivity contribution in [3.8, 4) is 61.7 Å². The largest absolute Gasteiger partial charge is 0.501 e. The molecular weight excluding hydrogens is 1080 g/mol. The van der Waals surface area contributed by atoms with Crippen LogP contribution in [-0.4, -0.2) is 14.5 Å². The molecule has 0 aliphatic heterocycles. The summed E-state index contributed by atoms with van der Waals surface area (Å²) in [4.78, 5) is 9.81. The first kappa shape index (κ1) is 47.8. The first-order valence-corrected chi connectivity index (χ1v) is 25.5. The van der Waals surface area contributed by atoms with Gasteiger partial charge in [0.15, 0.2) is 0 Å². The Morgan fingerprint density at radius 2 is 1.20 bits per heavy atom. The van der Waals surface area contributed by atoms with Crippen molar-refractivity contribution in [3.63, 3.8) is 0 Å². The molecule has 3 aromatic heterocycles. The molecule has 0 bridgehead atoms. The van der Waals surface area contributed by atoms with Gasteiger partial charge < -0.3 is 14.0 Å². The van der Waals surface area contributed by atoms with Crippen molar-refractivity contribution in [1.29, 1.82) is 0 Å². The van der Waals surface area contributed by atoms with E-state index in [2.05, 4.69) is 206 Å². The van der Waals surface area contributed by atoms with Gasteiger partial charge in [-0.1, -0.05) is 208 Å². The number of imidazole rings is 1. The maximum Gasteiger partial charge on any atom is 0.121 e. The van der Waals surface area contributed by atoms with Gasteiger partial charge in [0.25, 0.3) is 0 Å². The van der Waals surface area contributed by atoms with Crippen LogP contribution in [0.2, 0.25) is 0 Å². The number of para-hydroxylation sites is 2. The summed E-state index contributed by atoms with van der Waals surface area (Å²) in [6.07, 6.45) is 1.80. The van der Waals surface area contributed by atoms with Gasteiger partial charge in [0.2, 0.25) is 0 Å². The summed E-state index contributed by atoms with van der Waals surface area (Å²) in [5.41, 5.74) is 19.2. The maximum absolute atomic E-state index is 7.85. The Balaban J connectivity index is 0.000000226. The second-order valence-electron chi connectivity index (χ2n) is 21.9. The van der Waals surface area contributed by atoms with E-state index >= 15 is 0 Å². The molecule has 0 aliphatic carbocycles. The number of aromatic nitrogens is 3. The third-order valence-corrected chi connectivity index (χ3v) is 14.0. The molecule has 0 fully saturated rings. The van der Waals surface area contributed by atoms with Gasteiger partial charge in [-0.2, -0.15) is 0 Å². The molecule has 1 radical (unpaired) electrons. The normalized spacial score (nSPS) is 12.6. The fourth-order valence-corrected chi connectivity index (χ4v) is 9.83. The third kappa shape index (κ3) is 10.3. The molecule has 8 aromatic carbocycles. The number of pyridine rings is 1. The summed E-state index contributed by atoms with van der Waals surface area (Å²) < 4.78 is 32.7. The van der Waals surface area contributed by atoms with Gasteiger partial charge in [0.05, 0.1) is 22.4 Å². The zero-order valence-electron chi connectivity index (χ0n) is 47.1. The van der Waals surface area contributed by atoms with E-state index in [-0.39, 0.29) is 42.8 Å². The number of benzene rings is 8. The molecule has 0 aliphatic rings. The number of aryl methyl sites for hydroxylation is 1. The molecule has 3 heterocycles. The molecule has 74 heavy (non-hydrogen) atoms. The first-order chi connectivity index (χ1) is 36.2. The summed E-state index contributed by atoms with van der Waals surface area (Å²) in [6.45, 7) is 20.3. The smallest absolute Gasteiger partial charge is 0.121 e. The van der Waals surface area contributed by atoms with Crippen molar-refractivity contribution < 1.29 is 28.6 Å². The van der Waals surface area contributed by atoms with Crippen LogP contribution in [0.4, 0.5) is 0 Å². The minimum Gasteiger partial charge on any atom is -0.501 e. The number of furan rings is 1. The van der Waals surface area contributed by atoms with Crippen LogP contribution in [0, 0.1) is 19.0 Å². The van der Waals surface area contributed by atoms with E-state index in [9.17, 15) is 0 Å². The minimum atomic E-state index is -2.19. The zero-order valence-corrected chi connectivity index (χ0v) is 46.5. The second kappa shape index (κ2) is 21.0. The van der Waals surface area contributed by atoms with Crippen molar-refractivity contribution in [2.24, 2.45) is 0 Å². The molecule has 373 valence electrons. The maximum atomic E-state index is 7.85. The molecule has 11 rings (SSSR count). The Kier molecular flexibility index (Phi) is 13.6. The Hall–Kier alpha value is -7.17. The fraction of sp³-hybridized carbons (Fsp3) is 0.217. The van der Waals surface area contributed by atoms with Gasteiger partial charge in [-0.15, -0.1) is 47.5 Å². The average molecular weight is 1150 g/mol. The van der Waals surface area contributed by atoms with Crippen LogP contribution in [0.15, 0.2) is 187 Å². The molecule has 4 nitrogen and oxygen atoms in total. The van der Waals surface area contributed by atoms with Gasteiger partial charge in [0.1, 0.15) is 5.58 Å². The van der Waals surface area contributed by atoms with E-state index in [4.69, 9.17) is 13.5 Å². The predicted molar refractivity (Wildman–Crippen MR) is 308 cm³/mol. The van der Waals surface area contributed by atoms with Crippen LogP contribution in [0.3, 0.4) is 0 Å². The Bertz CT molecular complexity index is 3850. The standard InChI is InChI=1S/C47H43N2O.C22H22N.Ir/c1-29(2)39-26-34(32-20-23-35(24-21-32)47(5,6)7)27-40(30(3)4)44(39)49-42-19-12-11-18-41(42)48-46(49)38-17-13-16-37-36-25-22-33(28-43(36)50-45(37)38)31-14-9-8-10-15-31;1-16-10-11-18(14-20(16)17-8-6-5-7-9-17)21-15-19(12-13-23-21)22(2,3)4;/h8-16,18-30H,1-7H3;5-10,12-15H,1-4H3;/q2*-1;/i;1D3;. The van der Waals surface area contributed by atoms with Crippen LogP contribution in [0.25, 0.3) is 94.7 Å². The number of rotatable bonds is 8. The molecule has 11 aromatic rings. The second-order valence-corrected chi connectivity index (χ2v) is 21.9. The molecule has 0 amide bonds. The molecule has 0 atom stereocenters. The van der Waals surface area contributed by atoms with Gasteiger partial charge in [-0.25, -0.2) is 0 Å². The molecule has 0 unspecified atom stereocenters. The number of nitrogens with zero attached hydrogens (tertiary/aromatic N) is 3. The fourth-order valence-electron chi connectivity index (χ4n) is 9.83.